The van der Waals surface area contributed by atoms with Crippen molar-refractivity contribution in [2.75, 3.05) is 0 Å². The Hall–Kier alpha value is 2.88. The third kappa shape index (κ3) is 36.0. The molecule has 16 heavy (non-hydrogen) atoms. The average Bonchev–Trinajstić information content (AvgIpc) is 1.79. The molecule has 0 spiro atoms. The summed E-state index contributed by atoms with van der Waals surface area (Å²) in [5.74, 6) is 0. The zero-order chi connectivity index (χ0) is 11.7. The molecule has 96 valence electrons. The average molecular weight is 376 g/mol. The summed E-state index contributed by atoms with van der Waals surface area (Å²) in [7, 11) is 0. The van der Waals surface area contributed by atoms with E-state index in [1.165, 1.54) is 0 Å². The molecule has 0 aliphatic heterocycles. The standard InChI is InChI=1S/2Ca.H2O7S3.H2O3S.4H/c;;1-8(2)6-10(5)7-9(3)4;1-4(2)3;;;;/h;;(H,1,2)(H,3,4);(H2,1,2,3);;;;. The van der Waals surface area contributed by atoms with Crippen LogP contribution in [0.15, 0.2) is 0 Å². The van der Waals surface area contributed by atoms with E-state index in [9.17, 15) is 12.6 Å². The van der Waals surface area contributed by atoms with Crippen molar-refractivity contribution in [3.8, 4) is 0 Å². The van der Waals surface area contributed by atoms with E-state index in [4.69, 9.17) is 22.4 Å². The topological polar surface area (TPSA) is 168 Å². The Bertz CT molecular complexity index is 227. The molecule has 0 heterocycles. The van der Waals surface area contributed by atoms with Gasteiger partial charge in [-0.25, -0.2) is 0 Å². The second kappa shape index (κ2) is 17.9. The Kier molecular flexibility index (Phi) is 30.5. The quantitative estimate of drug-likeness (QED) is 0.288. The molecule has 0 saturated carbocycles. The fraction of sp³-hybridized carbons (Fsp3) is 0. The fourth-order valence-electron chi connectivity index (χ4n) is 0.106. The third-order valence-electron chi connectivity index (χ3n) is 0.228. The van der Waals surface area contributed by atoms with Crippen LogP contribution in [0.4, 0.5) is 0 Å². The molecule has 0 rings (SSSR count). The Labute approximate surface area is 160 Å². The van der Waals surface area contributed by atoms with Gasteiger partial charge in [0.2, 0.25) is 0 Å². The molecule has 0 bridgehead atoms. The van der Waals surface area contributed by atoms with Gasteiger partial charge in [-0.2, -0.15) is 16.8 Å². The Morgan fingerprint density at radius 1 is 0.688 bits per heavy atom. The molecular formula is H8Ca2O10S4. The van der Waals surface area contributed by atoms with Gasteiger partial charge in [0.05, 0.1) is 0 Å². The van der Waals surface area contributed by atoms with Crippen LogP contribution in [0, 0.1) is 0 Å². The first-order valence-corrected chi connectivity index (χ1v) is 6.19. The molecule has 0 aromatic carbocycles. The van der Waals surface area contributed by atoms with Crippen molar-refractivity contribution in [2.24, 2.45) is 0 Å². The maximum atomic E-state index is 10.0. The second-order valence-electron chi connectivity index (χ2n) is 1.01. The molecule has 0 aliphatic rings. The van der Waals surface area contributed by atoms with Crippen molar-refractivity contribution in [3.05, 3.63) is 0 Å². The van der Waals surface area contributed by atoms with Gasteiger partial charge in [-0.15, -0.1) is 7.26 Å². The van der Waals surface area contributed by atoms with Crippen LogP contribution in [0.1, 0.15) is 0 Å². The van der Waals surface area contributed by atoms with Crippen LogP contribution in [0.2, 0.25) is 0 Å². The molecule has 0 saturated heterocycles. The van der Waals surface area contributed by atoms with Crippen molar-refractivity contribution in [2.45, 2.75) is 0 Å². The molecule has 4 N–H and O–H groups in total. The van der Waals surface area contributed by atoms with Crippen molar-refractivity contribution in [1.82, 2.24) is 0 Å². The van der Waals surface area contributed by atoms with Gasteiger partial charge in [0, 0.05) is 0 Å². The SMILES string of the molecule is O=S(O)O.O=S(O)OS(=O)OS(=O)O.[CaH2].[CaH2]. The van der Waals surface area contributed by atoms with E-state index < -0.39 is 45.4 Å². The minimum absolute atomic E-state index is 0. The van der Waals surface area contributed by atoms with E-state index in [2.05, 4.69) is 7.26 Å². The van der Waals surface area contributed by atoms with Crippen molar-refractivity contribution in [3.63, 3.8) is 0 Å². The zero-order valence-corrected chi connectivity index (χ0v) is 9.14. The summed E-state index contributed by atoms with van der Waals surface area (Å²) < 4.78 is 74.7. The molecule has 0 aliphatic carbocycles. The molecule has 16 heteroatoms. The number of rotatable bonds is 4. The second-order valence-corrected chi connectivity index (χ2v) is 3.83. The molecule has 0 radical (unpaired) electrons. The molecular weight excluding hydrogens is 368 g/mol. The number of hydrogen-bond acceptors (Lipinski definition) is 6. The van der Waals surface area contributed by atoms with Crippen LogP contribution in [-0.2, 0) is 52.7 Å². The summed E-state index contributed by atoms with van der Waals surface area (Å²) in [4.78, 5) is 0. The Morgan fingerprint density at radius 2 is 0.875 bits per heavy atom. The van der Waals surface area contributed by atoms with E-state index in [0.717, 1.165) is 0 Å². The van der Waals surface area contributed by atoms with Crippen molar-refractivity contribution in [1.29, 1.82) is 0 Å². The van der Waals surface area contributed by atoms with Gasteiger partial charge in [-0.3, -0.25) is 18.2 Å². The number of hydrogen-bond donors (Lipinski definition) is 4. The molecule has 0 fully saturated rings. The monoisotopic (exact) mass is 376 g/mol. The van der Waals surface area contributed by atoms with Gasteiger partial charge in [0.1, 0.15) is 0 Å². The summed E-state index contributed by atoms with van der Waals surface area (Å²) >= 11 is -10.9. The van der Waals surface area contributed by atoms with Crippen LogP contribution in [-0.4, -0.2) is 111 Å². The molecule has 0 aromatic rings. The Morgan fingerprint density at radius 3 is 1.00 bits per heavy atom. The van der Waals surface area contributed by atoms with E-state index in [0.29, 0.717) is 0 Å². The van der Waals surface area contributed by atoms with Gasteiger partial charge >= 0.3 is 110 Å². The van der Waals surface area contributed by atoms with E-state index in [-0.39, 0.29) is 75.5 Å². The van der Waals surface area contributed by atoms with Crippen LogP contribution in [0.3, 0.4) is 0 Å². The van der Waals surface area contributed by atoms with Crippen LogP contribution in [0.5, 0.6) is 0 Å². The molecule has 2 atom stereocenters. The van der Waals surface area contributed by atoms with Crippen molar-refractivity contribution < 1.29 is 42.3 Å². The van der Waals surface area contributed by atoms with Crippen LogP contribution < -0.4 is 0 Å². The summed E-state index contributed by atoms with van der Waals surface area (Å²) in [6, 6.07) is 0. The molecule has 0 amide bonds. The fourth-order valence-corrected chi connectivity index (χ4v) is 1.16. The predicted octanol–water partition coefficient (Wildman–Crippen LogP) is -3.28. The van der Waals surface area contributed by atoms with Gasteiger partial charge in [-0.1, -0.05) is 0 Å². The summed E-state index contributed by atoms with van der Waals surface area (Å²) in [5.41, 5.74) is 0. The van der Waals surface area contributed by atoms with E-state index in [1.807, 2.05) is 0 Å². The van der Waals surface area contributed by atoms with Gasteiger partial charge in [0.25, 0.3) is 11.4 Å². The molecule has 10 nitrogen and oxygen atoms in total. The van der Waals surface area contributed by atoms with Crippen LogP contribution >= 0.6 is 0 Å². The first-order valence-electron chi connectivity index (χ1n) is 2.06. The first kappa shape index (κ1) is 27.3. The molecule has 0 aromatic heterocycles. The van der Waals surface area contributed by atoms with Gasteiger partial charge in [0.15, 0.2) is 0 Å². The zero-order valence-electron chi connectivity index (χ0n) is 5.87. The van der Waals surface area contributed by atoms with Gasteiger partial charge in [-0.05, 0) is 0 Å². The van der Waals surface area contributed by atoms with E-state index >= 15 is 0 Å². The minimum atomic E-state index is -2.78. The normalized spacial score (nSPS) is 14.6. The maximum absolute atomic E-state index is 10.0. The van der Waals surface area contributed by atoms with Crippen LogP contribution in [0.25, 0.3) is 0 Å². The summed E-state index contributed by atoms with van der Waals surface area (Å²) in [5, 5.41) is 0. The Balaban J connectivity index is -0.000000105. The summed E-state index contributed by atoms with van der Waals surface area (Å²) in [6.45, 7) is 0. The van der Waals surface area contributed by atoms with Crippen molar-refractivity contribution >= 4 is 121 Å². The third-order valence-corrected chi connectivity index (χ3v) is 2.05. The predicted molar refractivity (Wildman–Crippen MR) is 62.3 cm³/mol. The molecule has 2 unspecified atom stereocenters. The first-order chi connectivity index (χ1) is 6.25. The van der Waals surface area contributed by atoms with Gasteiger partial charge < -0.3 is 0 Å². The summed E-state index contributed by atoms with van der Waals surface area (Å²) in [6.07, 6.45) is 0. The van der Waals surface area contributed by atoms with E-state index in [1.54, 1.807) is 0 Å².